The molecule has 2 saturated heterocycles. The Kier molecular flexibility index (Phi) is 2.85. The Labute approximate surface area is 90.1 Å². The fourth-order valence-corrected chi connectivity index (χ4v) is 2.19. The van der Waals surface area contributed by atoms with E-state index < -0.39 is 5.79 Å². The van der Waals surface area contributed by atoms with E-state index in [-0.39, 0.29) is 24.6 Å². The SMILES string of the molecule is C=CCC1OC2OC(C)(C)OC2C1OC. The zero-order valence-electron chi connectivity index (χ0n) is 9.43. The Morgan fingerprint density at radius 2 is 2.13 bits per heavy atom. The van der Waals surface area contributed by atoms with Crippen LogP contribution in [0.3, 0.4) is 0 Å². The molecule has 0 spiro atoms. The van der Waals surface area contributed by atoms with E-state index in [1.165, 1.54) is 0 Å². The molecular formula is C11H18O4. The first kappa shape index (κ1) is 11.1. The van der Waals surface area contributed by atoms with Crippen molar-refractivity contribution < 1.29 is 18.9 Å². The standard InChI is InChI=1S/C11H18O4/c1-5-6-7-8(12-4)9-10(13-7)15-11(2,3)14-9/h5,7-10H,1,6H2,2-4H3. The molecule has 15 heavy (non-hydrogen) atoms. The van der Waals surface area contributed by atoms with Gasteiger partial charge in [0.15, 0.2) is 12.1 Å². The van der Waals surface area contributed by atoms with E-state index in [0.717, 1.165) is 6.42 Å². The van der Waals surface area contributed by atoms with Crippen molar-refractivity contribution in [1.82, 2.24) is 0 Å². The highest BCUT2D eigenvalue weighted by Gasteiger charge is 2.54. The summed E-state index contributed by atoms with van der Waals surface area (Å²) in [6, 6.07) is 0. The third-order valence-electron chi connectivity index (χ3n) is 2.76. The van der Waals surface area contributed by atoms with Gasteiger partial charge < -0.3 is 18.9 Å². The van der Waals surface area contributed by atoms with Gasteiger partial charge in [-0.2, -0.15) is 0 Å². The van der Waals surface area contributed by atoms with E-state index >= 15 is 0 Å². The minimum absolute atomic E-state index is 0.0152. The summed E-state index contributed by atoms with van der Waals surface area (Å²) in [5, 5.41) is 0. The Balaban J connectivity index is 2.07. The number of hydrogen-bond acceptors (Lipinski definition) is 4. The second-order valence-electron chi connectivity index (χ2n) is 4.37. The lowest BCUT2D eigenvalue weighted by molar-refractivity contribution is -0.215. The fraction of sp³-hybridized carbons (Fsp3) is 0.818. The molecule has 4 nitrogen and oxygen atoms in total. The van der Waals surface area contributed by atoms with Gasteiger partial charge in [0, 0.05) is 7.11 Å². The monoisotopic (exact) mass is 214 g/mol. The Bertz CT molecular complexity index is 251. The predicted molar refractivity (Wildman–Crippen MR) is 54.3 cm³/mol. The van der Waals surface area contributed by atoms with E-state index in [2.05, 4.69) is 6.58 Å². The lowest BCUT2D eigenvalue weighted by atomic mass is 10.1. The van der Waals surface area contributed by atoms with Gasteiger partial charge in [-0.05, 0) is 20.3 Å². The minimum atomic E-state index is -0.578. The van der Waals surface area contributed by atoms with Crippen LogP contribution in [0.2, 0.25) is 0 Å². The van der Waals surface area contributed by atoms with Crippen molar-refractivity contribution in [2.75, 3.05) is 7.11 Å². The minimum Gasteiger partial charge on any atom is -0.376 e. The van der Waals surface area contributed by atoms with Gasteiger partial charge >= 0.3 is 0 Å². The summed E-state index contributed by atoms with van der Waals surface area (Å²) in [5.74, 6) is -0.578. The molecule has 0 saturated carbocycles. The number of rotatable bonds is 3. The normalized spacial score (nSPS) is 42.9. The number of methoxy groups -OCH3 is 1. The number of hydrogen-bond donors (Lipinski definition) is 0. The van der Waals surface area contributed by atoms with Crippen LogP contribution < -0.4 is 0 Å². The molecule has 0 aromatic heterocycles. The predicted octanol–water partition coefficient (Wildman–Crippen LogP) is 1.45. The Morgan fingerprint density at radius 1 is 1.40 bits per heavy atom. The highest BCUT2D eigenvalue weighted by molar-refractivity contribution is 4.96. The van der Waals surface area contributed by atoms with Crippen molar-refractivity contribution in [2.45, 2.75) is 50.7 Å². The summed E-state index contributed by atoms with van der Waals surface area (Å²) in [6.07, 6.45) is 2.04. The van der Waals surface area contributed by atoms with Gasteiger partial charge in [0.25, 0.3) is 0 Å². The lowest BCUT2D eigenvalue weighted by Crippen LogP contribution is -2.35. The molecule has 4 unspecified atom stereocenters. The van der Waals surface area contributed by atoms with Gasteiger partial charge in [-0.25, -0.2) is 0 Å². The Morgan fingerprint density at radius 3 is 2.73 bits per heavy atom. The zero-order valence-corrected chi connectivity index (χ0v) is 9.43. The van der Waals surface area contributed by atoms with Gasteiger partial charge in [-0.3, -0.25) is 0 Å². The van der Waals surface area contributed by atoms with Gasteiger partial charge in [-0.1, -0.05) is 6.08 Å². The van der Waals surface area contributed by atoms with Crippen LogP contribution in [0.1, 0.15) is 20.3 Å². The van der Waals surface area contributed by atoms with Gasteiger partial charge in [0.1, 0.15) is 12.2 Å². The molecule has 2 fully saturated rings. The molecule has 0 bridgehead atoms. The summed E-state index contributed by atoms with van der Waals surface area (Å²) in [6.45, 7) is 7.46. The molecule has 4 atom stereocenters. The van der Waals surface area contributed by atoms with Crippen molar-refractivity contribution in [3.05, 3.63) is 12.7 Å². The molecule has 0 aliphatic carbocycles. The molecule has 0 aromatic carbocycles. The molecule has 2 rings (SSSR count). The summed E-state index contributed by atoms with van der Waals surface area (Å²) in [5.41, 5.74) is 0. The molecule has 0 radical (unpaired) electrons. The van der Waals surface area contributed by atoms with Gasteiger partial charge in [0.05, 0.1) is 6.10 Å². The van der Waals surface area contributed by atoms with Crippen molar-refractivity contribution >= 4 is 0 Å². The molecule has 2 aliphatic heterocycles. The van der Waals surface area contributed by atoms with Crippen LogP contribution in [0.4, 0.5) is 0 Å². The summed E-state index contributed by atoms with van der Waals surface area (Å²) < 4.78 is 22.5. The van der Waals surface area contributed by atoms with Gasteiger partial charge in [-0.15, -0.1) is 6.58 Å². The fourth-order valence-electron chi connectivity index (χ4n) is 2.19. The quantitative estimate of drug-likeness (QED) is 0.666. The first-order valence-electron chi connectivity index (χ1n) is 5.22. The van der Waals surface area contributed by atoms with Crippen molar-refractivity contribution in [2.24, 2.45) is 0 Å². The topological polar surface area (TPSA) is 36.9 Å². The first-order chi connectivity index (χ1) is 7.07. The maximum atomic E-state index is 5.75. The van der Waals surface area contributed by atoms with E-state index in [1.54, 1.807) is 7.11 Å². The molecule has 0 amide bonds. The lowest BCUT2D eigenvalue weighted by Gasteiger charge is -2.24. The van der Waals surface area contributed by atoms with Crippen LogP contribution in [-0.4, -0.2) is 37.5 Å². The van der Waals surface area contributed by atoms with Crippen LogP contribution in [0, 0.1) is 0 Å². The van der Waals surface area contributed by atoms with Gasteiger partial charge in [0.2, 0.25) is 0 Å². The van der Waals surface area contributed by atoms with Crippen molar-refractivity contribution in [3.63, 3.8) is 0 Å². The van der Waals surface area contributed by atoms with E-state index in [0.29, 0.717) is 0 Å². The van der Waals surface area contributed by atoms with E-state index in [4.69, 9.17) is 18.9 Å². The molecule has 4 heteroatoms. The van der Waals surface area contributed by atoms with E-state index in [1.807, 2.05) is 19.9 Å². The average Bonchev–Trinajstić information content (AvgIpc) is 2.56. The third kappa shape index (κ3) is 1.95. The van der Waals surface area contributed by atoms with Crippen LogP contribution in [0.5, 0.6) is 0 Å². The summed E-state index contributed by atoms with van der Waals surface area (Å²) >= 11 is 0. The third-order valence-corrected chi connectivity index (χ3v) is 2.76. The molecule has 0 aromatic rings. The number of fused-ring (bicyclic) bond motifs is 1. The second kappa shape index (κ2) is 3.87. The molecule has 86 valence electrons. The van der Waals surface area contributed by atoms with Crippen molar-refractivity contribution in [3.8, 4) is 0 Å². The highest BCUT2D eigenvalue weighted by Crippen LogP contribution is 2.39. The van der Waals surface area contributed by atoms with Crippen LogP contribution in [-0.2, 0) is 18.9 Å². The highest BCUT2D eigenvalue weighted by atomic mass is 16.8. The van der Waals surface area contributed by atoms with E-state index in [9.17, 15) is 0 Å². The molecule has 2 aliphatic rings. The molecule has 2 heterocycles. The summed E-state index contributed by atoms with van der Waals surface area (Å²) in [7, 11) is 1.67. The smallest absolute Gasteiger partial charge is 0.190 e. The van der Waals surface area contributed by atoms with Crippen LogP contribution >= 0.6 is 0 Å². The molecule has 0 N–H and O–H groups in total. The Hall–Kier alpha value is -0.420. The second-order valence-corrected chi connectivity index (χ2v) is 4.37. The van der Waals surface area contributed by atoms with Crippen molar-refractivity contribution in [1.29, 1.82) is 0 Å². The first-order valence-corrected chi connectivity index (χ1v) is 5.22. The largest absolute Gasteiger partial charge is 0.376 e. The maximum Gasteiger partial charge on any atom is 0.190 e. The average molecular weight is 214 g/mol. The van der Waals surface area contributed by atoms with Crippen LogP contribution in [0.25, 0.3) is 0 Å². The van der Waals surface area contributed by atoms with Crippen LogP contribution in [0.15, 0.2) is 12.7 Å². The summed E-state index contributed by atoms with van der Waals surface area (Å²) in [4.78, 5) is 0. The maximum absolute atomic E-state index is 5.75. The molecular weight excluding hydrogens is 196 g/mol. The number of ether oxygens (including phenoxy) is 4. The zero-order chi connectivity index (χ0) is 11.1.